The molecule has 0 rings (SSSR count). The van der Waals surface area contributed by atoms with Crippen LogP contribution in [0.25, 0.3) is 0 Å². The highest BCUT2D eigenvalue weighted by Gasteiger charge is 2.33. The standard InChI is InChI=1S/C41H82O2/c1-5-8-11-14-17-20-23-24-26-29-32-35-38-41(4,37-34-31-28-25-21-18-15-12-9-6-2)40(42)43-39-36-33-30-27-22-19-16-13-10-7-3/h5-39H2,1-4H3. The van der Waals surface area contributed by atoms with Gasteiger partial charge in [-0.1, -0.05) is 220 Å². The highest BCUT2D eigenvalue weighted by Crippen LogP contribution is 2.33. The van der Waals surface area contributed by atoms with Crippen LogP contribution in [0.1, 0.15) is 246 Å². The predicted octanol–water partition coefficient (Wildman–Crippen LogP) is 14.9. The molecule has 0 aliphatic heterocycles. The summed E-state index contributed by atoms with van der Waals surface area (Å²) in [5.41, 5.74) is -0.281. The number of carbonyl (C=O) groups is 1. The van der Waals surface area contributed by atoms with E-state index in [2.05, 4.69) is 27.7 Å². The van der Waals surface area contributed by atoms with Gasteiger partial charge in [0.05, 0.1) is 12.0 Å². The molecule has 0 saturated carbocycles. The van der Waals surface area contributed by atoms with E-state index in [1.807, 2.05) is 0 Å². The SMILES string of the molecule is CCCCCCCCCCCCCCC(C)(CCCCCCCCCCCC)C(=O)OCCCCCCCCCCCC. The summed E-state index contributed by atoms with van der Waals surface area (Å²) in [5, 5.41) is 0. The number of rotatable bonds is 36. The number of carbonyl (C=O) groups excluding carboxylic acids is 1. The van der Waals surface area contributed by atoms with Crippen LogP contribution in [0.5, 0.6) is 0 Å². The van der Waals surface area contributed by atoms with Crippen LogP contribution in [0.2, 0.25) is 0 Å². The first-order valence-electron chi connectivity index (χ1n) is 20.3. The van der Waals surface area contributed by atoms with Crippen LogP contribution in [0.4, 0.5) is 0 Å². The summed E-state index contributed by atoms with van der Waals surface area (Å²) in [4.78, 5) is 13.3. The first-order chi connectivity index (χ1) is 21.1. The van der Waals surface area contributed by atoms with E-state index in [-0.39, 0.29) is 11.4 Å². The summed E-state index contributed by atoms with van der Waals surface area (Å²) in [6.45, 7) is 9.72. The van der Waals surface area contributed by atoms with Crippen molar-refractivity contribution < 1.29 is 9.53 Å². The van der Waals surface area contributed by atoms with Crippen molar-refractivity contribution in [1.82, 2.24) is 0 Å². The zero-order valence-electron chi connectivity index (χ0n) is 30.6. The summed E-state index contributed by atoms with van der Waals surface area (Å²) in [7, 11) is 0. The average molecular weight is 607 g/mol. The van der Waals surface area contributed by atoms with Crippen LogP contribution in [-0.4, -0.2) is 12.6 Å². The Bertz CT molecular complexity index is 544. The Labute approximate surface area is 273 Å². The van der Waals surface area contributed by atoms with Crippen molar-refractivity contribution in [3.63, 3.8) is 0 Å². The molecule has 0 N–H and O–H groups in total. The summed E-state index contributed by atoms with van der Waals surface area (Å²) < 4.78 is 5.94. The van der Waals surface area contributed by atoms with Crippen molar-refractivity contribution in [2.24, 2.45) is 5.41 Å². The molecule has 0 spiro atoms. The van der Waals surface area contributed by atoms with Gasteiger partial charge in [0.2, 0.25) is 0 Å². The quantitative estimate of drug-likeness (QED) is 0.0524. The lowest BCUT2D eigenvalue weighted by Crippen LogP contribution is -2.30. The van der Waals surface area contributed by atoms with Gasteiger partial charge in [0.25, 0.3) is 0 Å². The number of ether oxygens (including phenoxy) is 1. The molecular formula is C41H82O2. The second-order valence-electron chi connectivity index (χ2n) is 14.4. The zero-order chi connectivity index (χ0) is 31.5. The molecule has 2 nitrogen and oxygen atoms in total. The molecule has 0 aliphatic rings. The van der Waals surface area contributed by atoms with E-state index in [9.17, 15) is 4.79 Å². The molecule has 1 atom stereocenters. The highest BCUT2D eigenvalue weighted by molar-refractivity contribution is 5.76. The van der Waals surface area contributed by atoms with Crippen LogP contribution in [0.3, 0.4) is 0 Å². The van der Waals surface area contributed by atoms with Gasteiger partial charge in [-0.25, -0.2) is 0 Å². The lowest BCUT2D eigenvalue weighted by atomic mass is 9.79. The van der Waals surface area contributed by atoms with Crippen molar-refractivity contribution in [1.29, 1.82) is 0 Å². The molecule has 1 unspecified atom stereocenters. The number of esters is 1. The third-order valence-electron chi connectivity index (χ3n) is 9.89. The van der Waals surface area contributed by atoms with Gasteiger partial charge >= 0.3 is 5.97 Å². The van der Waals surface area contributed by atoms with Gasteiger partial charge < -0.3 is 4.74 Å². The van der Waals surface area contributed by atoms with Gasteiger partial charge in [-0.15, -0.1) is 0 Å². The van der Waals surface area contributed by atoms with Gasteiger partial charge in [0.15, 0.2) is 0 Å². The Kier molecular flexibility index (Phi) is 33.9. The molecule has 0 aromatic carbocycles. The zero-order valence-corrected chi connectivity index (χ0v) is 30.6. The Morgan fingerprint density at radius 2 is 0.605 bits per heavy atom. The maximum absolute atomic E-state index is 13.3. The molecule has 0 aromatic heterocycles. The van der Waals surface area contributed by atoms with E-state index in [0.29, 0.717) is 6.61 Å². The Balaban J connectivity index is 4.23. The fourth-order valence-electron chi connectivity index (χ4n) is 6.62. The Morgan fingerprint density at radius 3 is 0.884 bits per heavy atom. The van der Waals surface area contributed by atoms with Crippen molar-refractivity contribution in [2.75, 3.05) is 6.61 Å². The van der Waals surface area contributed by atoms with Crippen molar-refractivity contribution in [3.05, 3.63) is 0 Å². The van der Waals surface area contributed by atoms with Crippen LogP contribution in [0, 0.1) is 5.41 Å². The van der Waals surface area contributed by atoms with Gasteiger partial charge in [-0.3, -0.25) is 4.79 Å². The second kappa shape index (κ2) is 34.3. The van der Waals surface area contributed by atoms with Gasteiger partial charge in [-0.2, -0.15) is 0 Å². The number of hydrogen-bond acceptors (Lipinski definition) is 2. The van der Waals surface area contributed by atoms with E-state index in [1.54, 1.807) is 0 Å². The Hall–Kier alpha value is -0.530. The van der Waals surface area contributed by atoms with Gasteiger partial charge in [0, 0.05) is 0 Å². The fourth-order valence-corrected chi connectivity index (χ4v) is 6.62. The normalized spacial score (nSPS) is 12.9. The predicted molar refractivity (Wildman–Crippen MR) is 193 cm³/mol. The minimum absolute atomic E-state index is 0.0995. The van der Waals surface area contributed by atoms with Crippen LogP contribution in [0.15, 0.2) is 0 Å². The van der Waals surface area contributed by atoms with Crippen molar-refractivity contribution in [3.8, 4) is 0 Å². The summed E-state index contributed by atoms with van der Waals surface area (Å²) >= 11 is 0. The molecule has 0 aromatic rings. The second-order valence-corrected chi connectivity index (χ2v) is 14.4. The first kappa shape index (κ1) is 42.5. The number of unbranched alkanes of at least 4 members (excludes halogenated alkanes) is 29. The molecule has 0 bridgehead atoms. The minimum atomic E-state index is -0.281. The van der Waals surface area contributed by atoms with Crippen LogP contribution < -0.4 is 0 Å². The largest absolute Gasteiger partial charge is 0.465 e. The van der Waals surface area contributed by atoms with E-state index in [0.717, 1.165) is 19.3 Å². The maximum atomic E-state index is 13.3. The molecule has 0 radical (unpaired) electrons. The summed E-state index contributed by atoms with van der Waals surface area (Å²) in [5.74, 6) is 0.0995. The lowest BCUT2D eigenvalue weighted by molar-refractivity contribution is -0.156. The average Bonchev–Trinajstić information content (AvgIpc) is 3.01. The molecule has 0 heterocycles. The van der Waals surface area contributed by atoms with E-state index >= 15 is 0 Å². The van der Waals surface area contributed by atoms with Crippen molar-refractivity contribution in [2.45, 2.75) is 246 Å². The van der Waals surface area contributed by atoms with E-state index in [1.165, 1.54) is 199 Å². The first-order valence-corrected chi connectivity index (χ1v) is 20.3. The van der Waals surface area contributed by atoms with E-state index in [4.69, 9.17) is 4.74 Å². The molecule has 258 valence electrons. The maximum Gasteiger partial charge on any atom is 0.311 e. The number of hydrogen-bond donors (Lipinski definition) is 0. The third kappa shape index (κ3) is 29.9. The molecule has 0 fully saturated rings. The molecule has 0 saturated heterocycles. The summed E-state index contributed by atoms with van der Waals surface area (Å²) in [6.07, 6.45) is 45.1. The third-order valence-corrected chi connectivity index (χ3v) is 9.89. The Morgan fingerprint density at radius 1 is 0.372 bits per heavy atom. The molecule has 0 aliphatic carbocycles. The highest BCUT2D eigenvalue weighted by atomic mass is 16.5. The molecule has 43 heavy (non-hydrogen) atoms. The topological polar surface area (TPSA) is 26.3 Å². The fraction of sp³-hybridized carbons (Fsp3) is 0.976. The van der Waals surface area contributed by atoms with Crippen LogP contribution in [-0.2, 0) is 9.53 Å². The smallest absolute Gasteiger partial charge is 0.311 e. The lowest BCUT2D eigenvalue weighted by Gasteiger charge is -2.27. The van der Waals surface area contributed by atoms with Gasteiger partial charge in [0.1, 0.15) is 0 Å². The van der Waals surface area contributed by atoms with Crippen molar-refractivity contribution >= 4 is 5.97 Å². The molecule has 0 amide bonds. The molecular weight excluding hydrogens is 524 g/mol. The van der Waals surface area contributed by atoms with Gasteiger partial charge in [-0.05, 0) is 26.2 Å². The molecule has 2 heteroatoms. The van der Waals surface area contributed by atoms with E-state index < -0.39 is 0 Å². The monoisotopic (exact) mass is 607 g/mol. The van der Waals surface area contributed by atoms with Crippen LogP contribution >= 0.6 is 0 Å². The summed E-state index contributed by atoms with van der Waals surface area (Å²) in [6, 6.07) is 0. The minimum Gasteiger partial charge on any atom is -0.465 e.